The van der Waals surface area contributed by atoms with Gasteiger partial charge in [-0.2, -0.15) is 4.40 Å². The number of methoxy groups -OCH3 is 2. The Balaban J connectivity index is 0.000000192. The molecule has 2 aromatic heterocycles. The first kappa shape index (κ1) is 23.6. The number of fused-ring (bicyclic) bond motifs is 2. The fraction of sp³-hybridized carbons (Fsp3) is 0.0952. The highest BCUT2D eigenvalue weighted by Gasteiger charge is 2.24. The first-order chi connectivity index (χ1) is 16.2. The van der Waals surface area contributed by atoms with Crippen LogP contribution in [0.1, 0.15) is 0 Å². The molecular weight excluding hydrogens is 452 g/mol. The number of rotatable bonds is 5. The van der Waals surface area contributed by atoms with E-state index in [9.17, 15) is 35.4 Å². The molecule has 2 heterocycles. The van der Waals surface area contributed by atoms with E-state index in [0.717, 1.165) is 27.8 Å². The average Bonchev–Trinajstić information content (AvgIpc) is 2.82. The van der Waals surface area contributed by atoms with Crippen LogP contribution < -0.4 is 19.0 Å². The molecule has 0 bridgehead atoms. The van der Waals surface area contributed by atoms with Gasteiger partial charge in [-0.1, -0.05) is 0 Å². The minimum absolute atomic E-state index is 0.384. The molecule has 4 aromatic rings. The van der Waals surface area contributed by atoms with Crippen LogP contribution in [0.15, 0.2) is 60.9 Å². The summed E-state index contributed by atoms with van der Waals surface area (Å²) in [6.45, 7) is 0. The van der Waals surface area contributed by atoms with Crippen LogP contribution in [0.5, 0.6) is 17.2 Å². The fourth-order valence-corrected chi connectivity index (χ4v) is 3.19. The highest BCUT2D eigenvalue weighted by molar-refractivity contribution is 5.94. The molecule has 0 aliphatic rings. The number of ether oxygens (including phenoxy) is 2. The Hall–Kier alpha value is -5.07. The molecule has 0 amide bonds. The van der Waals surface area contributed by atoms with Crippen molar-refractivity contribution >= 4 is 33.4 Å². The minimum atomic E-state index is -1.46. The van der Waals surface area contributed by atoms with Gasteiger partial charge in [0.1, 0.15) is 11.5 Å². The van der Waals surface area contributed by atoms with Crippen LogP contribution >= 0.6 is 0 Å². The lowest BCUT2D eigenvalue weighted by atomic mass is 10.1. The van der Waals surface area contributed by atoms with Crippen LogP contribution in [0.3, 0.4) is 0 Å². The smallest absolute Gasteiger partial charge is 0.283 e. The Kier molecular flexibility index (Phi) is 6.66. The van der Waals surface area contributed by atoms with Crippen LogP contribution in [0.25, 0.3) is 16.3 Å². The van der Waals surface area contributed by atoms with E-state index < -0.39 is 37.6 Å². The van der Waals surface area contributed by atoms with Crippen molar-refractivity contribution in [3.63, 3.8) is 0 Å². The maximum atomic E-state index is 11.1. The maximum absolute atomic E-state index is 11.1. The van der Waals surface area contributed by atoms with E-state index in [4.69, 9.17) is 9.47 Å². The van der Waals surface area contributed by atoms with Crippen LogP contribution in [0.4, 0.5) is 17.1 Å². The van der Waals surface area contributed by atoms with Gasteiger partial charge in [0.15, 0.2) is 12.4 Å². The van der Waals surface area contributed by atoms with E-state index in [0.29, 0.717) is 12.1 Å². The molecule has 2 aromatic carbocycles. The average molecular weight is 468 g/mol. The van der Waals surface area contributed by atoms with Gasteiger partial charge in [0, 0.05) is 23.6 Å². The molecule has 174 valence electrons. The molecule has 4 rings (SSSR count). The first-order valence-corrected chi connectivity index (χ1v) is 9.41. The van der Waals surface area contributed by atoms with E-state index >= 15 is 0 Å². The molecule has 0 radical (unpaired) electrons. The Morgan fingerprint density at radius 2 is 1.32 bits per heavy atom. The van der Waals surface area contributed by atoms with Gasteiger partial charge in [0.2, 0.25) is 5.52 Å². The van der Waals surface area contributed by atoms with Crippen molar-refractivity contribution in [2.75, 3.05) is 14.2 Å². The van der Waals surface area contributed by atoms with Crippen molar-refractivity contribution in [3.05, 3.63) is 91.3 Å². The van der Waals surface area contributed by atoms with Crippen molar-refractivity contribution in [3.8, 4) is 17.2 Å². The molecule has 0 saturated carbocycles. The third-order valence-corrected chi connectivity index (χ3v) is 4.77. The summed E-state index contributed by atoms with van der Waals surface area (Å²) in [6.07, 6.45) is 4.08. The van der Waals surface area contributed by atoms with Gasteiger partial charge in [-0.05, 0) is 18.2 Å². The number of hydrogen-bond donors (Lipinski definition) is 0. The number of nitrogens with zero attached hydrogens (tertiary/aromatic N) is 4. The zero-order chi connectivity index (χ0) is 25.0. The number of nitro groups is 3. The quantitative estimate of drug-likeness (QED) is 0.184. The predicted molar refractivity (Wildman–Crippen MR) is 116 cm³/mol. The Morgan fingerprint density at radius 1 is 0.765 bits per heavy atom. The lowest BCUT2D eigenvalue weighted by Gasteiger charge is -2.08. The SMILES string of the molecule is COc1ccc(OC)c2c[n+]3ccccc3cc12.O=[N+]([O-])c1cc([N+](=O)[O-])c([O-])c([N+](=O)[O-])c1. The van der Waals surface area contributed by atoms with Gasteiger partial charge in [-0.25, -0.2) is 0 Å². The molecule has 0 unspecified atom stereocenters. The molecule has 13 heteroatoms. The van der Waals surface area contributed by atoms with E-state index in [-0.39, 0.29) is 0 Å². The highest BCUT2D eigenvalue weighted by Crippen LogP contribution is 2.37. The molecule has 0 N–H and O–H groups in total. The summed E-state index contributed by atoms with van der Waals surface area (Å²) >= 11 is 0. The van der Waals surface area contributed by atoms with E-state index in [1.807, 2.05) is 30.5 Å². The maximum Gasteiger partial charge on any atom is 0.283 e. The van der Waals surface area contributed by atoms with Gasteiger partial charge < -0.3 is 14.6 Å². The van der Waals surface area contributed by atoms with Gasteiger partial charge in [-0.3, -0.25) is 30.3 Å². The Labute approximate surface area is 190 Å². The van der Waals surface area contributed by atoms with Gasteiger partial charge in [0.05, 0.1) is 52.3 Å². The van der Waals surface area contributed by atoms with Crippen LogP contribution in [0, 0.1) is 30.3 Å². The zero-order valence-corrected chi connectivity index (χ0v) is 17.7. The molecule has 13 nitrogen and oxygen atoms in total. The van der Waals surface area contributed by atoms with Crippen molar-refractivity contribution in [2.24, 2.45) is 0 Å². The molecule has 0 fully saturated rings. The number of hydrogen-bond acceptors (Lipinski definition) is 9. The van der Waals surface area contributed by atoms with Crippen LogP contribution in [-0.2, 0) is 0 Å². The summed E-state index contributed by atoms with van der Waals surface area (Å²) in [5.74, 6) is 0.252. The lowest BCUT2D eigenvalue weighted by molar-refractivity contribution is -0.510. The summed E-state index contributed by atoms with van der Waals surface area (Å²) in [5, 5.41) is 44.2. The number of non-ortho nitro benzene ring substituents is 1. The van der Waals surface area contributed by atoms with Crippen LogP contribution in [-0.4, -0.2) is 29.0 Å². The van der Waals surface area contributed by atoms with Gasteiger partial charge >= 0.3 is 0 Å². The molecule has 0 atom stereocenters. The topological polar surface area (TPSA) is 175 Å². The number of aromatic nitrogens is 1. The standard InChI is InChI=1S/C15H14NO2.C6H3N3O7/c1-17-14-6-7-15(18-2)13-10-16-8-4-3-5-11(16)9-12(13)14;10-6-4(8(13)14)1-3(7(11)12)2-5(6)9(15)16/h3-10H,1-2H3;1-2,10H/q+1;/p-1. The van der Waals surface area contributed by atoms with Gasteiger partial charge in [-0.15, -0.1) is 0 Å². The largest absolute Gasteiger partial charge is 0.863 e. The molecule has 0 aliphatic heterocycles. The third-order valence-electron chi connectivity index (χ3n) is 4.77. The second-order valence-corrected chi connectivity index (χ2v) is 6.69. The summed E-state index contributed by atoms with van der Waals surface area (Å²) in [7, 11) is 3.37. The second kappa shape index (κ2) is 9.60. The molecular formula is C21H16N4O9. The Bertz CT molecular complexity index is 1340. The van der Waals surface area contributed by atoms with E-state index in [1.165, 1.54) is 0 Å². The van der Waals surface area contributed by atoms with E-state index in [2.05, 4.69) is 22.7 Å². The second-order valence-electron chi connectivity index (χ2n) is 6.69. The molecule has 0 spiro atoms. The molecule has 0 saturated heterocycles. The predicted octanol–water partition coefficient (Wildman–Crippen LogP) is 3.08. The van der Waals surface area contributed by atoms with Crippen LogP contribution in [0.2, 0.25) is 0 Å². The van der Waals surface area contributed by atoms with Crippen molar-refractivity contribution in [1.82, 2.24) is 0 Å². The zero-order valence-electron chi connectivity index (χ0n) is 17.7. The number of pyridine rings is 2. The van der Waals surface area contributed by atoms with E-state index in [1.54, 1.807) is 14.2 Å². The lowest BCUT2D eigenvalue weighted by Crippen LogP contribution is -2.19. The molecule has 34 heavy (non-hydrogen) atoms. The van der Waals surface area contributed by atoms with Crippen molar-refractivity contribution in [1.29, 1.82) is 0 Å². The molecule has 0 aliphatic carbocycles. The Morgan fingerprint density at radius 3 is 1.82 bits per heavy atom. The van der Waals surface area contributed by atoms with Crippen molar-refractivity contribution < 1.29 is 33.8 Å². The monoisotopic (exact) mass is 468 g/mol. The first-order valence-electron chi connectivity index (χ1n) is 9.41. The third kappa shape index (κ3) is 4.57. The highest BCUT2D eigenvalue weighted by atomic mass is 16.6. The summed E-state index contributed by atoms with van der Waals surface area (Å²) < 4.78 is 12.9. The fourth-order valence-electron chi connectivity index (χ4n) is 3.19. The summed E-state index contributed by atoms with van der Waals surface area (Å²) in [6, 6.07) is 12.8. The summed E-state index contributed by atoms with van der Waals surface area (Å²) in [4.78, 5) is 27.5. The summed E-state index contributed by atoms with van der Waals surface area (Å²) in [5.41, 5.74) is -2.14. The van der Waals surface area contributed by atoms with Gasteiger partial charge in [0.25, 0.3) is 17.1 Å². The number of benzene rings is 2. The normalized spacial score (nSPS) is 10.3. The minimum Gasteiger partial charge on any atom is -0.863 e. The number of nitro benzene ring substituents is 3. The van der Waals surface area contributed by atoms with Crippen molar-refractivity contribution in [2.45, 2.75) is 0 Å².